The second-order valence-corrected chi connectivity index (χ2v) is 5.50. The summed E-state index contributed by atoms with van der Waals surface area (Å²) in [4.78, 5) is 13.3. The quantitative estimate of drug-likeness (QED) is 0.853. The van der Waals surface area contributed by atoms with Gasteiger partial charge in [0.05, 0.1) is 0 Å². The molecule has 1 aromatic carbocycles. The molecule has 0 radical (unpaired) electrons. The zero-order chi connectivity index (χ0) is 16.2. The van der Waals surface area contributed by atoms with E-state index in [9.17, 15) is 18.0 Å². The van der Waals surface area contributed by atoms with Crippen LogP contribution in [0.1, 0.15) is 10.4 Å². The molecule has 1 atom stereocenters. The Morgan fingerprint density at radius 1 is 1.26 bits per heavy atom. The molecule has 2 N–H and O–H groups in total. The molecule has 0 aliphatic carbocycles. The van der Waals surface area contributed by atoms with Crippen molar-refractivity contribution < 1.29 is 18.0 Å². The van der Waals surface area contributed by atoms with E-state index < -0.39 is 24.7 Å². The Labute approximate surface area is 143 Å². The lowest BCUT2D eigenvalue weighted by molar-refractivity contribution is -0.183. The highest BCUT2D eigenvalue weighted by molar-refractivity contribution is 6.30. The fourth-order valence-electron chi connectivity index (χ4n) is 2.34. The Hall–Kier alpha value is -1.02. The van der Waals surface area contributed by atoms with E-state index in [-0.39, 0.29) is 18.0 Å². The number of hydrogen-bond donors (Lipinski definition) is 2. The molecule has 4 nitrogen and oxygen atoms in total. The van der Waals surface area contributed by atoms with E-state index in [0.717, 1.165) is 0 Å². The molecule has 0 spiro atoms. The van der Waals surface area contributed by atoms with Crippen LogP contribution in [0.5, 0.6) is 0 Å². The van der Waals surface area contributed by atoms with Crippen LogP contribution >= 0.6 is 24.0 Å². The number of carbonyl (C=O) groups excluding carboxylic acids is 1. The predicted molar refractivity (Wildman–Crippen MR) is 85.3 cm³/mol. The lowest BCUT2D eigenvalue weighted by atomic mass is 10.1. The van der Waals surface area contributed by atoms with Gasteiger partial charge in [-0.25, -0.2) is 0 Å². The fraction of sp³-hybridized carbons (Fsp3) is 0.500. The molecule has 1 aliphatic heterocycles. The Kier molecular flexibility index (Phi) is 7.60. The first kappa shape index (κ1) is 20.0. The van der Waals surface area contributed by atoms with Crippen LogP contribution in [0.4, 0.5) is 13.2 Å². The largest absolute Gasteiger partial charge is 0.405 e. The van der Waals surface area contributed by atoms with Crippen molar-refractivity contribution in [1.29, 1.82) is 0 Å². The molecule has 1 amide bonds. The first-order valence-electron chi connectivity index (χ1n) is 6.93. The minimum Gasteiger partial charge on any atom is -0.350 e. The average molecular weight is 372 g/mol. The standard InChI is InChI=1S/C14H17ClF3N3O.ClH/c15-11-3-1-10(2-4-11)13(22)20-9-12(14(16,17)18)21-7-5-19-6-8-21;/h1-4,12,19H,5-9H2,(H,20,22);1H. The summed E-state index contributed by atoms with van der Waals surface area (Å²) in [6, 6.07) is 4.32. The molecule has 1 aromatic rings. The number of alkyl halides is 3. The van der Waals surface area contributed by atoms with Crippen molar-refractivity contribution in [3.05, 3.63) is 34.9 Å². The summed E-state index contributed by atoms with van der Waals surface area (Å²) in [7, 11) is 0. The third kappa shape index (κ3) is 5.84. The summed E-state index contributed by atoms with van der Waals surface area (Å²) in [6.45, 7) is 1.17. The predicted octanol–water partition coefficient (Wildman–Crippen LogP) is 2.33. The van der Waals surface area contributed by atoms with Crippen LogP contribution in [-0.2, 0) is 0 Å². The Morgan fingerprint density at radius 2 is 1.83 bits per heavy atom. The van der Waals surface area contributed by atoms with Crippen molar-refractivity contribution in [2.45, 2.75) is 12.2 Å². The van der Waals surface area contributed by atoms with Gasteiger partial charge in [0.25, 0.3) is 5.91 Å². The molecular formula is C14H18Cl2F3N3O. The molecule has 23 heavy (non-hydrogen) atoms. The molecule has 0 saturated carbocycles. The van der Waals surface area contributed by atoms with Gasteiger partial charge in [0.15, 0.2) is 0 Å². The molecular weight excluding hydrogens is 354 g/mol. The molecule has 1 aliphatic rings. The van der Waals surface area contributed by atoms with Gasteiger partial charge in [-0.05, 0) is 24.3 Å². The number of nitrogens with one attached hydrogen (secondary N) is 2. The van der Waals surface area contributed by atoms with Gasteiger partial charge in [0, 0.05) is 43.3 Å². The van der Waals surface area contributed by atoms with Crippen molar-refractivity contribution in [3.8, 4) is 0 Å². The number of halogens is 5. The van der Waals surface area contributed by atoms with Crippen LogP contribution in [0.2, 0.25) is 5.02 Å². The number of hydrogen-bond acceptors (Lipinski definition) is 3. The van der Waals surface area contributed by atoms with Gasteiger partial charge in [-0.2, -0.15) is 13.2 Å². The Bertz CT molecular complexity index is 505. The highest BCUT2D eigenvalue weighted by Crippen LogP contribution is 2.24. The second-order valence-electron chi connectivity index (χ2n) is 5.06. The van der Waals surface area contributed by atoms with E-state index >= 15 is 0 Å². The summed E-state index contributed by atoms with van der Waals surface area (Å²) in [6.07, 6.45) is -4.38. The van der Waals surface area contributed by atoms with E-state index in [1.54, 1.807) is 0 Å². The summed E-state index contributed by atoms with van der Waals surface area (Å²) < 4.78 is 39.5. The van der Waals surface area contributed by atoms with Gasteiger partial charge in [0.2, 0.25) is 0 Å². The minimum absolute atomic E-state index is 0. The van der Waals surface area contributed by atoms with Gasteiger partial charge >= 0.3 is 6.18 Å². The van der Waals surface area contributed by atoms with Gasteiger partial charge in [0.1, 0.15) is 6.04 Å². The first-order valence-corrected chi connectivity index (χ1v) is 7.31. The third-order valence-corrected chi connectivity index (χ3v) is 3.78. The number of benzene rings is 1. The SMILES string of the molecule is Cl.O=C(NCC(N1CCNCC1)C(F)(F)F)c1ccc(Cl)cc1. The molecule has 9 heteroatoms. The summed E-state index contributed by atoms with van der Waals surface area (Å²) in [5.41, 5.74) is 0.283. The van der Waals surface area contributed by atoms with Crippen molar-refractivity contribution in [2.24, 2.45) is 0 Å². The zero-order valence-electron chi connectivity index (χ0n) is 12.2. The Morgan fingerprint density at radius 3 is 2.35 bits per heavy atom. The first-order chi connectivity index (χ1) is 10.4. The maximum absolute atomic E-state index is 13.2. The third-order valence-electron chi connectivity index (χ3n) is 3.53. The lowest BCUT2D eigenvalue weighted by Gasteiger charge is -2.35. The van der Waals surface area contributed by atoms with Crippen LogP contribution in [0.15, 0.2) is 24.3 Å². The molecule has 1 fully saturated rings. The van der Waals surface area contributed by atoms with Gasteiger partial charge in [-0.1, -0.05) is 11.6 Å². The summed E-state index contributed by atoms with van der Waals surface area (Å²) in [5.74, 6) is -0.541. The molecule has 1 unspecified atom stereocenters. The number of piperazine rings is 1. The van der Waals surface area contributed by atoms with E-state index in [0.29, 0.717) is 31.2 Å². The molecule has 0 bridgehead atoms. The number of nitrogens with zero attached hydrogens (tertiary/aromatic N) is 1. The minimum atomic E-state index is -4.38. The van der Waals surface area contributed by atoms with E-state index in [1.165, 1.54) is 29.2 Å². The normalized spacial score (nSPS) is 17.2. The zero-order valence-corrected chi connectivity index (χ0v) is 13.8. The van der Waals surface area contributed by atoms with Gasteiger partial charge in [-0.3, -0.25) is 9.69 Å². The van der Waals surface area contributed by atoms with Crippen LogP contribution in [0.25, 0.3) is 0 Å². The highest BCUT2D eigenvalue weighted by Gasteiger charge is 2.43. The van der Waals surface area contributed by atoms with E-state index in [2.05, 4.69) is 10.6 Å². The molecule has 1 saturated heterocycles. The van der Waals surface area contributed by atoms with Crippen LogP contribution in [-0.4, -0.2) is 55.7 Å². The van der Waals surface area contributed by atoms with Crippen molar-refractivity contribution in [3.63, 3.8) is 0 Å². The summed E-state index contributed by atoms with van der Waals surface area (Å²) in [5, 5.41) is 5.83. The fourth-order valence-corrected chi connectivity index (χ4v) is 2.46. The van der Waals surface area contributed by atoms with Crippen molar-refractivity contribution in [1.82, 2.24) is 15.5 Å². The molecule has 0 aromatic heterocycles. The molecule has 1 heterocycles. The summed E-state index contributed by atoms with van der Waals surface area (Å²) >= 11 is 5.71. The van der Waals surface area contributed by atoms with E-state index in [1.807, 2.05) is 0 Å². The van der Waals surface area contributed by atoms with E-state index in [4.69, 9.17) is 11.6 Å². The van der Waals surface area contributed by atoms with Crippen molar-refractivity contribution >= 4 is 29.9 Å². The lowest BCUT2D eigenvalue weighted by Crippen LogP contribution is -2.57. The van der Waals surface area contributed by atoms with Crippen LogP contribution in [0.3, 0.4) is 0 Å². The number of amides is 1. The topological polar surface area (TPSA) is 44.4 Å². The Balaban J connectivity index is 0.00000264. The maximum Gasteiger partial charge on any atom is 0.405 e. The van der Waals surface area contributed by atoms with Crippen LogP contribution in [0, 0.1) is 0 Å². The molecule has 2 rings (SSSR count). The molecule has 130 valence electrons. The average Bonchev–Trinajstić information content (AvgIpc) is 2.47. The highest BCUT2D eigenvalue weighted by atomic mass is 35.5. The van der Waals surface area contributed by atoms with Gasteiger partial charge < -0.3 is 10.6 Å². The second kappa shape index (κ2) is 8.73. The van der Waals surface area contributed by atoms with Crippen molar-refractivity contribution in [2.75, 3.05) is 32.7 Å². The smallest absolute Gasteiger partial charge is 0.350 e. The maximum atomic E-state index is 13.2. The number of rotatable bonds is 4. The monoisotopic (exact) mass is 371 g/mol. The van der Waals surface area contributed by atoms with Gasteiger partial charge in [-0.15, -0.1) is 12.4 Å². The number of carbonyl (C=O) groups is 1. The van der Waals surface area contributed by atoms with Crippen LogP contribution < -0.4 is 10.6 Å².